The number of hydrogen-bond donors (Lipinski definition) is 0. The Kier molecular flexibility index (Phi) is 8.14. The van der Waals surface area contributed by atoms with Gasteiger partial charge in [-0.3, -0.25) is 0 Å². The molecular weight excluding hydrogens is 396 g/mol. The summed E-state index contributed by atoms with van der Waals surface area (Å²) >= 11 is 0. The van der Waals surface area contributed by atoms with Gasteiger partial charge in [-0.05, 0) is 88.8 Å². The number of rotatable bonds is 10. The van der Waals surface area contributed by atoms with Crippen molar-refractivity contribution in [3.05, 3.63) is 114 Å². The molecule has 33 heavy (non-hydrogen) atoms. The van der Waals surface area contributed by atoms with E-state index in [1.807, 2.05) is 0 Å². The van der Waals surface area contributed by atoms with Crippen molar-refractivity contribution >= 4 is 27.1 Å². The van der Waals surface area contributed by atoms with Gasteiger partial charge in [-0.15, -0.1) is 0 Å². The van der Waals surface area contributed by atoms with Crippen LogP contribution in [0.25, 0.3) is 27.1 Å². The fraction of sp³-hybridized carbons (Fsp3) is 0.273. The zero-order valence-electron chi connectivity index (χ0n) is 20.1. The van der Waals surface area contributed by atoms with Crippen LogP contribution in [0.15, 0.2) is 103 Å². The molecule has 0 N–H and O–H groups in total. The Morgan fingerprint density at radius 1 is 0.697 bits per heavy atom. The lowest BCUT2D eigenvalue weighted by Gasteiger charge is -2.17. The lowest BCUT2D eigenvalue weighted by Crippen LogP contribution is -1.97. The summed E-state index contributed by atoms with van der Waals surface area (Å²) in [5.41, 5.74) is 4.27. The molecule has 0 aliphatic rings. The van der Waals surface area contributed by atoms with E-state index in [0.29, 0.717) is 5.92 Å². The van der Waals surface area contributed by atoms with Gasteiger partial charge < -0.3 is 0 Å². The third-order valence-electron chi connectivity index (χ3n) is 6.61. The lowest BCUT2D eigenvalue weighted by molar-refractivity contribution is 0.754. The summed E-state index contributed by atoms with van der Waals surface area (Å²) in [6, 6.07) is 31.2. The molecule has 0 saturated carbocycles. The first-order valence-electron chi connectivity index (χ1n) is 12.6. The first-order valence-corrected chi connectivity index (χ1v) is 12.6. The van der Waals surface area contributed by atoms with Gasteiger partial charge in [0.1, 0.15) is 0 Å². The predicted molar refractivity (Wildman–Crippen MR) is 147 cm³/mol. The van der Waals surface area contributed by atoms with Crippen molar-refractivity contribution in [1.29, 1.82) is 0 Å². The third-order valence-corrected chi connectivity index (χ3v) is 6.61. The standard InChI is InChI=1S/C33H36/c1-3-4-5-6-7-8-9-16-30(33-22-20-28-15-11-13-18-32(28)25-33)23-26(2)29-21-19-27-14-10-12-17-31(27)24-29/h4-5,10-22,24-26H,3,6-9,23H2,1-2H3/b5-4-,30-16+. The van der Waals surface area contributed by atoms with E-state index in [-0.39, 0.29) is 0 Å². The summed E-state index contributed by atoms with van der Waals surface area (Å²) in [6.07, 6.45) is 14.2. The maximum atomic E-state index is 2.51. The van der Waals surface area contributed by atoms with Crippen LogP contribution in [0.1, 0.15) is 69.4 Å². The molecule has 0 heteroatoms. The molecule has 168 valence electrons. The Hall–Kier alpha value is -3.12. The van der Waals surface area contributed by atoms with Crippen molar-refractivity contribution in [3.8, 4) is 0 Å². The normalized spacial score (nSPS) is 13.2. The fourth-order valence-electron chi connectivity index (χ4n) is 4.64. The van der Waals surface area contributed by atoms with Crippen LogP contribution in [0.4, 0.5) is 0 Å². The fourth-order valence-corrected chi connectivity index (χ4v) is 4.64. The molecule has 0 nitrogen and oxygen atoms in total. The van der Waals surface area contributed by atoms with E-state index in [1.165, 1.54) is 57.5 Å². The van der Waals surface area contributed by atoms with E-state index < -0.39 is 0 Å². The molecule has 0 aromatic heterocycles. The Labute approximate surface area is 199 Å². The van der Waals surface area contributed by atoms with Gasteiger partial charge in [-0.25, -0.2) is 0 Å². The van der Waals surface area contributed by atoms with Crippen molar-refractivity contribution in [2.45, 2.75) is 58.3 Å². The summed E-state index contributed by atoms with van der Waals surface area (Å²) in [5.74, 6) is 0.472. The average Bonchev–Trinajstić information content (AvgIpc) is 2.86. The zero-order valence-corrected chi connectivity index (χ0v) is 20.1. The van der Waals surface area contributed by atoms with Crippen LogP contribution in [-0.2, 0) is 0 Å². The maximum Gasteiger partial charge on any atom is -0.0150 e. The monoisotopic (exact) mass is 432 g/mol. The summed E-state index contributed by atoms with van der Waals surface area (Å²) in [5, 5.41) is 5.28. The molecule has 4 aromatic rings. The molecule has 0 bridgehead atoms. The molecule has 0 spiro atoms. The molecule has 4 rings (SSSR count). The maximum absolute atomic E-state index is 2.51. The highest BCUT2D eigenvalue weighted by molar-refractivity contribution is 5.86. The molecule has 0 aliphatic carbocycles. The van der Waals surface area contributed by atoms with Crippen LogP contribution < -0.4 is 0 Å². The van der Waals surface area contributed by atoms with Crippen molar-refractivity contribution in [3.63, 3.8) is 0 Å². The minimum Gasteiger partial charge on any atom is -0.0888 e. The second-order valence-corrected chi connectivity index (χ2v) is 9.17. The number of allylic oxidation sites excluding steroid dienone is 4. The van der Waals surface area contributed by atoms with Crippen LogP contribution in [0.2, 0.25) is 0 Å². The van der Waals surface area contributed by atoms with E-state index in [1.54, 1.807) is 0 Å². The predicted octanol–water partition coefficient (Wildman–Crippen LogP) is 10.1. The topological polar surface area (TPSA) is 0 Å². The smallest absolute Gasteiger partial charge is 0.0150 e. The molecule has 1 unspecified atom stereocenters. The van der Waals surface area contributed by atoms with Crippen molar-refractivity contribution in [2.75, 3.05) is 0 Å². The number of hydrogen-bond acceptors (Lipinski definition) is 0. The Bertz CT molecular complexity index is 1240. The van der Waals surface area contributed by atoms with Gasteiger partial charge in [0.05, 0.1) is 0 Å². The molecule has 0 saturated heterocycles. The molecule has 0 amide bonds. The molecule has 4 aromatic carbocycles. The molecule has 1 atom stereocenters. The molecule has 0 fully saturated rings. The highest BCUT2D eigenvalue weighted by Gasteiger charge is 2.12. The van der Waals surface area contributed by atoms with Crippen LogP contribution in [0.5, 0.6) is 0 Å². The van der Waals surface area contributed by atoms with Crippen molar-refractivity contribution in [2.24, 2.45) is 0 Å². The molecule has 0 heterocycles. The first kappa shape index (κ1) is 23.1. The van der Waals surface area contributed by atoms with Gasteiger partial charge in [-0.2, -0.15) is 0 Å². The Balaban J connectivity index is 1.55. The highest BCUT2D eigenvalue weighted by atomic mass is 14.2. The number of unbranched alkanes of at least 4 members (excludes halogenated alkanes) is 3. The van der Waals surface area contributed by atoms with Crippen molar-refractivity contribution < 1.29 is 0 Å². The number of fused-ring (bicyclic) bond motifs is 2. The van der Waals surface area contributed by atoms with Gasteiger partial charge in [0.15, 0.2) is 0 Å². The second-order valence-electron chi connectivity index (χ2n) is 9.17. The van der Waals surface area contributed by atoms with E-state index >= 15 is 0 Å². The summed E-state index contributed by atoms with van der Waals surface area (Å²) in [4.78, 5) is 0. The van der Waals surface area contributed by atoms with Gasteiger partial charge in [0.25, 0.3) is 0 Å². The van der Waals surface area contributed by atoms with Crippen LogP contribution in [0, 0.1) is 0 Å². The third kappa shape index (κ3) is 6.23. The van der Waals surface area contributed by atoms with Gasteiger partial charge in [0, 0.05) is 0 Å². The van der Waals surface area contributed by atoms with Crippen molar-refractivity contribution in [1.82, 2.24) is 0 Å². The zero-order chi connectivity index (χ0) is 22.9. The second kappa shape index (κ2) is 11.7. The molecule has 0 radical (unpaired) electrons. The molecular formula is C33H36. The Morgan fingerprint density at radius 3 is 2.06 bits per heavy atom. The summed E-state index contributed by atoms with van der Waals surface area (Å²) in [7, 11) is 0. The Morgan fingerprint density at radius 2 is 1.33 bits per heavy atom. The largest absolute Gasteiger partial charge is 0.0888 e. The average molecular weight is 433 g/mol. The number of benzene rings is 4. The minimum atomic E-state index is 0.472. The summed E-state index contributed by atoms with van der Waals surface area (Å²) < 4.78 is 0. The van der Waals surface area contributed by atoms with Crippen LogP contribution in [0.3, 0.4) is 0 Å². The van der Waals surface area contributed by atoms with E-state index in [9.17, 15) is 0 Å². The van der Waals surface area contributed by atoms with E-state index in [0.717, 1.165) is 19.3 Å². The van der Waals surface area contributed by atoms with E-state index in [2.05, 4.69) is 117 Å². The summed E-state index contributed by atoms with van der Waals surface area (Å²) in [6.45, 7) is 4.57. The van der Waals surface area contributed by atoms with Crippen LogP contribution >= 0.6 is 0 Å². The SMILES string of the molecule is CC/C=C\CCCC/C=C(\CC(C)c1ccc2ccccc2c1)c1ccc2ccccc2c1. The van der Waals surface area contributed by atoms with Crippen LogP contribution in [-0.4, -0.2) is 0 Å². The van der Waals surface area contributed by atoms with E-state index in [4.69, 9.17) is 0 Å². The highest BCUT2D eigenvalue weighted by Crippen LogP contribution is 2.32. The minimum absolute atomic E-state index is 0.472. The van der Waals surface area contributed by atoms with Gasteiger partial charge in [0.2, 0.25) is 0 Å². The van der Waals surface area contributed by atoms with Gasteiger partial charge in [-0.1, -0.05) is 111 Å². The quantitative estimate of drug-likeness (QED) is 0.173. The lowest BCUT2D eigenvalue weighted by atomic mass is 9.88. The first-order chi connectivity index (χ1) is 16.2. The molecule has 0 aliphatic heterocycles. The van der Waals surface area contributed by atoms with Gasteiger partial charge >= 0.3 is 0 Å².